The molecule has 2 aromatic rings. The molecule has 194 valence electrons. The van der Waals surface area contributed by atoms with Crippen LogP contribution in [0.2, 0.25) is 0 Å². The molecule has 1 saturated heterocycles. The number of nitrogens with one attached hydrogen (secondary N) is 1. The van der Waals surface area contributed by atoms with Gasteiger partial charge in [-0.15, -0.1) is 0 Å². The summed E-state index contributed by atoms with van der Waals surface area (Å²) < 4.78 is 42.3. The third-order valence-electron chi connectivity index (χ3n) is 7.59. The minimum Gasteiger partial charge on any atom is -0.465 e. The molecule has 36 heavy (non-hydrogen) atoms. The van der Waals surface area contributed by atoms with Gasteiger partial charge in [0.1, 0.15) is 5.82 Å². The Morgan fingerprint density at radius 2 is 1.83 bits per heavy atom. The number of carbonyl (C=O) groups excluding carboxylic acids is 1. The molecule has 1 aromatic heterocycles. The lowest BCUT2D eigenvalue weighted by atomic mass is 9.83. The first-order chi connectivity index (χ1) is 16.9. The fourth-order valence-electron chi connectivity index (χ4n) is 5.42. The van der Waals surface area contributed by atoms with Crippen molar-refractivity contribution in [2.24, 2.45) is 5.92 Å². The Balaban J connectivity index is 1.47. The highest BCUT2D eigenvalue weighted by atomic mass is 19.4. The Labute approximate surface area is 208 Å². The Morgan fingerprint density at radius 3 is 2.39 bits per heavy atom. The van der Waals surface area contributed by atoms with E-state index < -0.39 is 30.1 Å². The first kappa shape index (κ1) is 25.8. The van der Waals surface area contributed by atoms with E-state index in [2.05, 4.69) is 36.3 Å². The van der Waals surface area contributed by atoms with E-state index in [1.807, 2.05) is 12.1 Å². The summed E-state index contributed by atoms with van der Waals surface area (Å²) in [6.07, 6.45) is -3.44. The van der Waals surface area contributed by atoms with Crippen molar-refractivity contribution in [2.45, 2.75) is 56.8 Å². The summed E-state index contributed by atoms with van der Waals surface area (Å²) in [6, 6.07) is 8.95. The normalized spacial score (nSPS) is 20.5. The zero-order valence-electron chi connectivity index (χ0n) is 20.5. The van der Waals surface area contributed by atoms with Gasteiger partial charge in [0.05, 0.1) is 0 Å². The van der Waals surface area contributed by atoms with Crippen LogP contribution in [0, 0.1) is 5.92 Å². The minimum atomic E-state index is -4.70. The van der Waals surface area contributed by atoms with Crippen LogP contribution in [0.1, 0.15) is 49.4 Å². The number of nitrogens with zero attached hydrogens (tertiary/aromatic N) is 3. The Hall–Kier alpha value is -3.30. The van der Waals surface area contributed by atoms with Gasteiger partial charge in [-0.05, 0) is 36.5 Å². The second-order valence-electron chi connectivity index (χ2n) is 10.2. The lowest BCUT2D eigenvalue weighted by Crippen LogP contribution is -2.46. The first-order valence-electron chi connectivity index (χ1n) is 12.0. The summed E-state index contributed by atoms with van der Waals surface area (Å²) in [5.74, 6) is -0.828. The number of amides is 2. The van der Waals surface area contributed by atoms with Crippen molar-refractivity contribution in [3.63, 3.8) is 0 Å². The maximum absolute atomic E-state index is 14.1. The van der Waals surface area contributed by atoms with E-state index in [1.165, 1.54) is 34.4 Å². The second kappa shape index (κ2) is 9.63. The standard InChI is InChI=1S/C26H31F3N4O3/c1-25(2)19-7-5-4-6-17(19)14-20(25)31-21-9-8-18(15-30-21)22(26(27,28)29)32(3)23(34)16-10-12-33(13-11-16)24(35)36/h4-9,15-16,20,22H,10-14H2,1-3H3,(H,30,31)(H,35,36)/t20?,22-/m0/s1. The molecule has 0 bridgehead atoms. The maximum Gasteiger partial charge on any atom is 0.413 e. The first-order valence-corrected chi connectivity index (χ1v) is 12.0. The van der Waals surface area contributed by atoms with Crippen molar-refractivity contribution in [2.75, 3.05) is 25.5 Å². The molecule has 7 nitrogen and oxygen atoms in total. The summed E-state index contributed by atoms with van der Waals surface area (Å²) in [6.45, 7) is 4.51. The molecule has 10 heteroatoms. The number of alkyl halides is 3. The van der Waals surface area contributed by atoms with Crippen molar-refractivity contribution < 1.29 is 27.9 Å². The molecule has 1 fully saturated rings. The third kappa shape index (κ3) is 4.99. The van der Waals surface area contributed by atoms with Crippen LogP contribution in [0.15, 0.2) is 42.6 Å². The number of fused-ring (bicyclic) bond motifs is 1. The van der Waals surface area contributed by atoms with Crippen LogP contribution in [0.25, 0.3) is 0 Å². The Kier molecular flexibility index (Phi) is 6.90. The molecule has 1 unspecified atom stereocenters. The van der Waals surface area contributed by atoms with E-state index >= 15 is 0 Å². The molecule has 4 rings (SSSR count). The summed E-state index contributed by atoms with van der Waals surface area (Å²) in [4.78, 5) is 30.2. The van der Waals surface area contributed by atoms with Crippen LogP contribution in [-0.2, 0) is 16.6 Å². The van der Waals surface area contributed by atoms with Crippen LogP contribution >= 0.6 is 0 Å². The molecule has 0 spiro atoms. The molecule has 2 atom stereocenters. The number of piperidine rings is 1. The van der Waals surface area contributed by atoms with Gasteiger partial charge in [-0.25, -0.2) is 9.78 Å². The predicted molar refractivity (Wildman–Crippen MR) is 129 cm³/mol. The third-order valence-corrected chi connectivity index (χ3v) is 7.59. The molecule has 1 aliphatic heterocycles. The van der Waals surface area contributed by atoms with Crippen molar-refractivity contribution in [1.82, 2.24) is 14.8 Å². The van der Waals surface area contributed by atoms with E-state index in [1.54, 1.807) is 0 Å². The SMILES string of the molecule is CN(C(=O)C1CCN(C(=O)O)CC1)[C@@H](c1ccc(NC2Cc3ccccc3C2(C)C)nc1)C(F)(F)F. The highest BCUT2D eigenvalue weighted by Crippen LogP contribution is 2.41. The molecular formula is C26H31F3N4O3. The second-order valence-corrected chi connectivity index (χ2v) is 10.2. The minimum absolute atomic E-state index is 0.0348. The Morgan fingerprint density at radius 1 is 1.17 bits per heavy atom. The zero-order valence-corrected chi connectivity index (χ0v) is 20.5. The quantitative estimate of drug-likeness (QED) is 0.608. The van der Waals surface area contributed by atoms with Crippen LogP contribution in [0.5, 0.6) is 0 Å². The molecule has 2 amide bonds. The monoisotopic (exact) mass is 504 g/mol. The van der Waals surface area contributed by atoms with E-state index in [0.29, 0.717) is 5.82 Å². The number of hydrogen-bond acceptors (Lipinski definition) is 4. The number of benzene rings is 1. The molecule has 1 aromatic carbocycles. The average molecular weight is 505 g/mol. The van der Waals surface area contributed by atoms with Gasteiger partial charge in [0, 0.05) is 49.3 Å². The lowest BCUT2D eigenvalue weighted by Gasteiger charge is -2.35. The van der Waals surface area contributed by atoms with Crippen molar-refractivity contribution >= 4 is 17.8 Å². The maximum atomic E-state index is 14.1. The summed E-state index contributed by atoms with van der Waals surface area (Å²) in [5, 5.41) is 12.4. The molecule has 2 aliphatic rings. The lowest BCUT2D eigenvalue weighted by molar-refractivity contribution is -0.191. The van der Waals surface area contributed by atoms with Crippen molar-refractivity contribution in [3.05, 3.63) is 59.3 Å². The van der Waals surface area contributed by atoms with Crippen molar-refractivity contribution in [3.8, 4) is 0 Å². The van der Waals surface area contributed by atoms with Gasteiger partial charge in [-0.3, -0.25) is 4.79 Å². The number of aromatic nitrogens is 1. The number of hydrogen-bond donors (Lipinski definition) is 2. The van der Waals surface area contributed by atoms with Gasteiger partial charge in [0.2, 0.25) is 5.91 Å². The van der Waals surface area contributed by atoms with Crippen LogP contribution < -0.4 is 5.32 Å². The summed E-state index contributed by atoms with van der Waals surface area (Å²) in [5.41, 5.74) is 2.18. The molecular weight excluding hydrogens is 473 g/mol. The summed E-state index contributed by atoms with van der Waals surface area (Å²) >= 11 is 0. The number of anilines is 1. The molecule has 0 radical (unpaired) electrons. The molecule has 0 saturated carbocycles. The highest BCUT2D eigenvalue weighted by molar-refractivity contribution is 5.79. The number of carboxylic acid groups (broad SMARTS) is 1. The van der Waals surface area contributed by atoms with Gasteiger partial charge in [0.25, 0.3) is 0 Å². The van der Waals surface area contributed by atoms with Crippen LogP contribution in [-0.4, -0.2) is 64.2 Å². The molecule has 1 aliphatic carbocycles. The van der Waals surface area contributed by atoms with Gasteiger partial charge in [0.15, 0.2) is 6.04 Å². The Bertz CT molecular complexity index is 1110. The van der Waals surface area contributed by atoms with Crippen molar-refractivity contribution in [1.29, 1.82) is 0 Å². The number of carbonyl (C=O) groups is 2. The number of rotatable bonds is 5. The fraction of sp³-hybridized carbons (Fsp3) is 0.500. The van der Waals surface area contributed by atoms with E-state index in [4.69, 9.17) is 5.11 Å². The smallest absolute Gasteiger partial charge is 0.413 e. The van der Waals surface area contributed by atoms with Gasteiger partial charge < -0.3 is 20.2 Å². The zero-order chi connectivity index (χ0) is 26.3. The van der Waals surface area contributed by atoms with Gasteiger partial charge in [-0.2, -0.15) is 13.2 Å². The van der Waals surface area contributed by atoms with E-state index in [-0.39, 0.29) is 43.0 Å². The van der Waals surface area contributed by atoms with Crippen LogP contribution in [0.3, 0.4) is 0 Å². The largest absolute Gasteiger partial charge is 0.465 e. The van der Waals surface area contributed by atoms with Crippen LogP contribution in [0.4, 0.5) is 23.8 Å². The van der Waals surface area contributed by atoms with Gasteiger partial charge >= 0.3 is 12.3 Å². The summed E-state index contributed by atoms with van der Waals surface area (Å²) in [7, 11) is 1.15. The molecule has 2 heterocycles. The topological polar surface area (TPSA) is 85.8 Å². The molecule has 2 N–H and O–H groups in total. The van der Waals surface area contributed by atoms with E-state index in [0.717, 1.165) is 18.4 Å². The number of pyridine rings is 1. The fourth-order valence-corrected chi connectivity index (χ4v) is 5.42. The van der Waals surface area contributed by atoms with E-state index in [9.17, 15) is 22.8 Å². The number of halogens is 3. The average Bonchev–Trinajstić information content (AvgIpc) is 3.08. The number of likely N-dealkylation sites (tertiary alicyclic amines) is 1. The van der Waals surface area contributed by atoms with Gasteiger partial charge in [-0.1, -0.05) is 44.2 Å². The predicted octanol–water partition coefficient (Wildman–Crippen LogP) is 4.85. The highest BCUT2D eigenvalue weighted by Gasteiger charge is 2.47.